The zero-order chi connectivity index (χ0) is 19.0. The largest absolute Gasteiger partial charge is 0.492 e. The van der Waals surface area contributed by atoms with Gasteiger partial charge in [0.2, 0.25) is 5.78 Å². The molecule has 0 bridgehead atoms. The fourth-order valence-corrected chi connectivity index (χ4v) is 6.69. The van der Waals surface area contributed by atoms with E-state index in [-0.39, 0.29) is 34.5 Å². The molecule has 140 valence electrons. The van der Waals surface area contributed by atoms with Gasteiger partial charge in [0, 0.05) is 28.4 Å². The lowest BCUT2D eigenvalue weighted by Gasteiger charge is -2.58. The van der Waals surface area contributed by atoms with Crippen LogP contribution in [0.4, 0.5) is 4.39 Å². The standard InChI is InChI=1S/C22H27FO3/c1-11-10-13-14-6-7-16(24)21(14,3)9-8-15(13)22(4)17(11)19(26-5)18(25)12(2)20(22)23/h13-15,20H,1-2,6-10H2,3-5H3/t13-,14-,15-,20+,21-,22+/m0/s1. The van der Waals surface area contributed by atoms with Gasteiger partial charge in [-0.25, -0.2) is 4.39 Å². The molecule has 4 aliphatic carbocycles. The zero-order valence-electron chi connectivity index (χ0n) is 15.9. The highest BCUT2D eigenvalue weighted by Gasteiger charge is 2.64. The number of allylic oxidation sites excluding steroid dienone is 2. The molecule has 0 aromatic heterocycles. The fraction of sp³-hybridized carbons (Fsp3) is 0.636. The Hall–Kier alpha value is -1.71. The number of hydrogen-bond acceptors (Lipinski definition) is 3. The van der Waals surface area contributed by atoms with Crippen LogP contribution in [-0.4, -0.2) is 24.8 Å². The maximum atomic E-state index is 15.6. The number of fused-ring (bicyclic) bond motifs is 5. The third-order valence-electron chi connectivity index (χ3n) is 8.05. The average Bonchev–Trinajstić information content (AvgIpc) is 2.91. The summed E-state index contributed by atoms with van der Waals surface area (Å²) in [7, 11) is 1.46. The van der Waals surface area contributed by atoms with E-state index in [1.807, 2.05) is 6.92 Å². The van der Waals surface area contributed by atoms with E-state index in [0.29, 0.717) is 24.2 Å². The minimum Gasteiger partial charge on any atom is -0.492 e. The molecule has 4 rings (SSSR count). The summed E-state index contributed by atoms with van der Waals surface area (Å²) in [5, 5.41) is 0. The van der Waals surface area contributed by atoms with Crippen molar-refractivity contribution < 1.29 is 18.7 Å². The lowest BCUT2D eigenvalue weighted by Crippen LogP contribution is -2.56. The SMILES string of the molecule is C=C1C[C@@H]2[C@H](CC[C@]3(C)C(=O)CC[C@@H]23)[C@]2(C)C1=C(OC)C(=O)C(=C)[C@H]2F. The van der Waals surface area contributed by atoms with Crippen LogP contribution in [-0.2, 0) is 14.3 Å². The lowest BCUT2D eigenvalue weighted by atomic mass is 9.46. The second-order valence-electron chi connectivity index (χ2n) is 9.01. The highest BCUT2D eigenvalue weighted by Crippen LogP contribution is 2.66. The quantitative estimate of drug-likeness (QED) is 0.655. The summed E-state index contributed by atoms with van der Waals surface area (Å²) in [6, 6.07) is 0. The number of carbonyl (C=O) groups is 2. The van der Waals surface area contributed by atoms with Gasteiger partial charge in [0.15, 0.2) is 5.76 Å². The summed E-state index contributed by atoms with van der Waals surface area (Å²) in [6.07, 6.45) is 2.37. The molecule has 26 heavy (non-hydrogen) atoms. The zero-order valence-corrected chi connectivity index (χ0v) is 15.9. The van der Waals surface area contributed by atoms with Crippen molar-refractivity contribution in [3.8, 4) is 0 Å². The van der Waals surface area contributed by atoms with Gasteiger partial charge in [0.1, 0.15) is 12.0 Å². The Bertz CT molecular complexity index is 778. The van der Waals surface area contributed by atoms with Gasteiger partial charge in [0.25, 0.3) is 0 Å². The molecule has 0 aromatic rings. The number of Topliss-reactive ketones (excluding diaryl/α,β-unsaturated/α-hetero) is 2. The monoisotopic (exact) mass is 358 g/mol. The number of alkyl halides is 1. The van der Waals surface area contributed by atoms with Crippen molar-refractivity contribution in [1.29, 1.82) is 0 Å². The van der Waals surface area contributed by atoms with Gasteiger partial charge in [-0.05, 0) is 49.0 Å². The van der Waals surface area contributed by atoms with Crippen molar-refractivity contribution in [1.82, 2.24) is 0 Å². The van der Waals surface area contributed by atoms with Gasteiger partial charge in [0.05, 0.1) is 7.11 Å². The number of ketones is 2. The van der Waals surface area contributed by atoms with Crippen LogP contribution in [0, 0.1) is 28.6 Å². The van der Waals surface area contributed by atoms with E-state index >= 15 is 4.39 Å². The first-order valence-corrected chi connectivity index (χ1v) is 9.55. The van der Waals surface area contributed by atoms with E-state index in [1.54, 1.807) is 0 Å². The summed E-state index contributed by atoms with van der Waals surface area (Å²) in [4.78, 5) is 25.1. The maximum absolute atomic E-state index is 15.6. The lowest BCUT2D eigenvalue weighted by molar-refractivity contribution is -0.133. The van der Waals surface area contributed by atoms with Gasteiger partial charge in [-0.15, -0.1) is 0 Å². The Morgan fingerprint density at radius 3 is 2.50 bits per heavy atom. The van der Waals surface area contributed by atoms with E-state index in [1.165, 1.54) is 7.11 Å². The second-order valence-corrected chi connectivity index (χ2v) is 9.01. The predicted molar refractivity (Wildman–Crippen MR) is 97.0 cm³/mol. The minimum atomic E-state index is -1.44. The Morgan fingerprint density at radius 1 is 1.15 bits per heavy atom. The molecule has 4 aliphatic rings. The first-order chi connectivity index (χ1) is 12.2. The minimum absolute atomic E-state index is 0.0163. The molecule has 0 N–H and O–H groups in total. The molecule has 3 saturated carbocycles. The van der Waals surface area contributed by atoms with Gasteiger partial charge < -0.3 is 4.74 Å². The Kier molecular flexibility index (Phi) is 3.67. The number of methoxy groups -OCH3 is 1. The highest BCUT2D eigenvalue weighted by atomic mass is 19.1. The van der Waals surface area contributed by atoms with E-state index in [9.17, 15) is 9.59 Å². The van der Waals surface area contributed by atoms with Crippen LogP contribution >= 0.6 is 0 Å². The molecule has 0 radical (unpaired) electrons. The first kappa shape index (κ1) is 17.7. The number of rotatable bonds is 1. The molecule has 4 heteroatoms. The van der Waals surface area contributed by atoms with Crippen LogP contribution in [0.1, 0.15) is 46.0 Å². The smallest absolute Gasteiger partial charge is 0.226 e. The third kappa shape index (κ3) is 1.88. The van der Waals surface area contributed by atoms with Crippen LogP contribution in [0.5, 0.6) is 0 Å². The number of carbonyl (C=O) groups excluding carboxylic acids is 2. The summed E-state index contributed by atoms with van der Waals surface area (Å²) in [5.74, 6) is 0.689. The number of halogens is 1. The van der Waals surface area contributed by atoms with Crippen LogP contribution in [0.2, 0.25) is 0 Å². The third-order valence-corrected chi connectivity index (χ3v) is 8.05. The van der Waals surface area contributed by atoms with Gasteiger partial charge in [-0.2, -0.15) is 0 Å². The van der Waals surface area contributed by atoms with Gasteiger partial charge in [-0.1, -0.05) is 27.0 Å². The predicted octanol–water partition coefficient (Wildman–Crippen LogP) is 4.34. The van der Waals surface area contributed by atoms with Crippen molar-refractivity contribution in [2.24, 2.45) is 28.6 Å². The maximum Gasteiger partial charge on any atom is 0.226 e. The van der Waals surface area contributed by atoms with E-state index in [0.717, 1.165) is 24.8 Å². The van der Waals surface area contributed by atoms with Gasteiger partial charge >= 0.3 is 0 Å². The van der Waals surface area contributed by atoms with E-state index in [4.69, 9.17) is 4.74 Å². The molecule has 0 amide bonds. The Balaban J connectivity index is 1.87. The van der Waals surface area contributed by atoms with Crippen molar-refractivity contribution >= 4 is 11.6 Å². The molecule has 0 aromatic carbocycles. The average molecular weight is 358 g/mol. The molecule has 6 atom stereocenters. The van der Waals surface area contributed by atoms with Crippen LogP contribution in [0.15, 0.2) is 35.6 Å². The number of ether oxygens (including phenoxy) is 1. The number of hydrogen-bond donors (Lipinski definition) is 0. The topological polar surface area (TPSA) is 43.4 Å². The van der Waals surface area contributed by atoms with Crippen molar-refractivity contribution in [2.45, 2.75) is 52.1 Å². The van der Waals surface area contributed by atoms with E-state index < -0.39 is 17.4 Å². The van der Waals surface area contributed by atoms with Gasteiger partial charge in [-0.3, -0.25) is 9.59 Å². The molecule has 0 spiro atoms. The first-order valence-electron chi connectivity index (χ1n) is 9.55. The molecule has 0 heterocycles. The summed E-state index contributed by atoms with van der Waals surface area (Å²) in [5.41, 5.74) is 0.286. The van der Waals surface area contributed by atoms with Crippen LogP contribution in [0.3, 0.4) is 0 Å². The fourth-order valence-electron chi connectivity index (χ4n) is 6.69. The normalized spacial score (nSPS) is 45.4. The van der Waals surface area contributed by atoms with Crippen LogP contribution < -0.4 is 0 Å². The molecule has 0 unspecified atom stereocenters. The summed E-state index contributed by atoms with van der Waals surface area (Å²) < 4.78 is 21.0. The van der Waals surface area contributed by atoms with E-state index in [2.05, 4.69) is 20.1 Å². The molecule has 3 nitrogen and oxygen atoms in total. The Morgan fingerprint density at radius 2 is 1.85 bits per heavy atom. The highest BCUT2D eigenvalue weighted by molar-refractivity contribution is 6.09. The molecule has 0 aliphatic heterocycles. The van der Waals surface area contributed by atoms with Crippen molar-refractivity contribution in [3.05, 3.63) is 35.6 Å². The molecule has 0 saturated heterocycles. The van der Waals surface area contributed by atoms with Crippen molar-refractivity contribution in [3.63, 3.8) is 0 Å². The summed E-state index contributed by atoms with van der Waals surface area (Å²) in [6.45, 7) is 12.0. The van der Waals surface area contributed by atoms with Crippen molar-refractivity contribution in [2.75, 3.05) is 7.11 Å². The molecular weight excluding hydrogens is 331 g/mol. The molecular formula is C22H27FO3. The Labute approximate surface area is 154 Å². The summed E-state index contributed by atoms with van der Waals surface area (Å²) >= 11 is 0. The van der Waals surface area contributed by atoms with Crippen LogP contribution in [0.25, 0.3) is 0 Å². The second kappa shape index (κ2) is 5.40. The molecule has 3 fully saturated rings.